The van der Waals surface area contributed by atoms with Crippen LogP contribution in [0.1, 0.15) is 18.4 Å². The summed E-state index contributed by atoms with van der Waals surface area (Å²) in [6.07, 6.45) is 3.44. The number of halogens is 1. The van der Waals surface area contributed by atoms with Crippen LogP contribution >= 0.6 is 15.9 Å². The molecule has 0 aromatic heterocycles. The van der Waals surface area contributed by atoms with E-state index in [0.717, 1.165) is 28.6 Å². The number of carbonyl (C=O) groups excluding carboxylic acids is 1. The zero-order valence-corrected chi connectivity index (χ0v) is 9.87. The van der Waals surface area contributed by atoms with Gasteiger partial charge in [0.15, 0.2) is 0 Å². The topological polar surface area (TPSA) is 38.7 Å². The third-order valence-corrected chi connectivity index (χ3v) is 3.49. The van der Waals surface area contributed by atoms with E-state index in [-0.39, 0.29) is 5.54 Å². The Labute approximate surface area is 96.3 Å². The molecule has 0 atom stereocenters. The molecule has 0 unspecified atom stereocenters. The van der Waals surface area contributed by atoms with Gasteiger partial charge in [0, 0.05) is 0 Å². The van der Waals surface area contributed by atoms with Crippen LogP contribution in [0.5, 0.6) is 5.75 Å². The molecule has 0 bridgehead atoms. The first kappa shape index (κ1) is 10.4. The molecule has 0 radical (unpaired) electrons. The van der Waals surface area contributed by atoms with Gasteiger partial charge in [-0.2, -0.15) is 4.99 Å². The molecule has 0 heterocycles. The molecule has 4 heteroatoms. The first-order valence-corrected chi connectivity index (χ1v) is 5.45. The molecule has 78 valence electrons. The second kappa shape index (κ2) is 3.80. The highest BCUT2D eigenvalue weighted by molar-refractivity contribution is 9.10. The normalized spacial score (nSPS) is 16.7. The highest BCUT2D eigenvalue weighted by Gasteiger charge is 2.46. The average molecular weight is 268 g/mol. The summed E-state index contributed by atoms with van der Waals surface area (Å²) in [7, 11) is 1.62. The Morgan fingerprint density at radius 2 is 2.27 bits per heavy atom. The number of aliphatic imine (C=N–C) groups is 1. The van der Waals surface area contributed by atoms with Crippen molar-refractivity contribution in [3.8, 4) is 5.75 Å². The van der Waals surface area contributed by atoms with Crippen LogP contribution in [-0.2, 0) is 10.3 Å². The summed E-state index contributed by atoms with van der Waals surface area (Å²) in [5, 5.41) is 0. The second-order valence-electron chi connectivity index (χ2n) is 3.56. The summed E-state index contributed by atoms with van der Waals surface area (Å²) < 4.78 is 6.08. The molecule has 2 rings (SSSR count). The fraction of sp³-hybridized carbons (Fsp3) is 0.364. The van der Waals surface area contributed by atoms with Gasteiger partial charge in [-0.1, -0.05) is 12.1 Å². The van der Waals surface area contributed by atoms with Crippen molar-refractivity contribution in [2.24, 2.45) is 4.99 Å². The first-order chi connectivity index (χ1) is 7.23. The van der Waals surface area contributed by atoms with Crippen molar-refractivity contribution < 1.29 is 9.53 Å². The molecule has 0 saturated heterocycles. The van der Waals surface area contributed by atoms with Crippen LogP contribution in [0.15, 0.2) is 27.7 Å². The summed E-state index contributed by atoms with van der Waals surface area (Å²) >= 11 is 3.47. The Balaban J connectivity index is 2.49. The van der Waals surface area contributed by atoms with Crippen molar-refractivity contribution in [3.05, 3.63) is 28.2 Å². The van der Waals surface area contributed by atoms with Crippen LogP contribution in [0.25, 0.3) is 0 Å². The molecule has 0 N–H and O–H groups in total. The fourth-order valence-corrected chi connectivity index (χ4v) is 2.47. The highest BCUT2D eigenvalue weighted by Crippen LogP contribution is 2.52. The molecular weight excluding hydrogens is 258 g/mol. The van der Waals surface area contributed by atoms with Gasteiger partial charge in [-0.3, -0.25) is 0 Å². The minimum absolute atomic E-state index is 0.352. The maximum absolute atomic E-state index is 10.4. The van der Waals surface area contributed by atoms with E-state index in [1.165, 1.54) is 0 Å². The van der Waals surface area contributed by atoms with Crippen LogP contribution in [0, 0.1) is 0 Å². The standard InChI is InChI=1S/C11H10BrNO2/c1-15-9-4-2-3-8(10(9)12)11(5-6-11)13-7-14/h2-4H,5-6H2,1H3. The number of isocyanates is 1. The fourth-order valence-electron chi connectivity index (χ4n) is 1.67. The highest BCUT2D eigenvalue weighted by atomic mass is 79.9. The van der Waals surface area contributed by atoms with Gasteiger partial charge >= 0.3 is 0 Å². The van der Waals surface area contributed by atoms with Gasteiger partial charge in [0.2, 0.25) is 6.08 Å². The lowest BCUT2D eigenvalue weighted by Crippen LogP contribution is -2.04. The number of nitrogens with zero attached hydrogens (tertiary/aromatic N) is 1. The van der Waals surface area contributed by atoms with Gasteiger partial charge in [-0.25, -0.2) is 4.79 Å². The number of rotatable bonds is 3. The van der Waals surface area contributed by atoms with E-state index in [0.29, 0.717) is 0 Å². The van der Waals surface area contributed by atoms with Crippen LogP contribution in [-0.4, -0.2) is 13.2 Å². The number of hydrogen-bond acceptors (Lipinski definition) is 3. The van der Waals surface area contributed by atoms with E-state index in [1.54, 1.807) is 13.2 Å². The third kappa shape index (κ3) is 1.71. The van der Waals surface area contributed by atoms with Gasteiger partial charge in [0.25, 0.3) is 0 Å². The molecule has 15 heavy (non-hydrogen) atoms. The maximum Gasteiger partial charge on any atom is 0.235 e. The van der Waals surface area contributed by atoms with Crippen molar-refractivity contribution in [2.75, 3.05) is 7.11 Å². The molecular formula is C11H10BrNO2. The molecule has 1 aromatic rings. The first-order valence-electron chi connectivity index (χ1n) is 4.65. The molecule has 3 nitrogen and oxygen atoms in total. The second-order valence-corrected chi connectivity index (χ2v) is 4.35. The zero-order valence-electron chi connectivity index (χ0n) is 8.29. The van der Waals surface area contributed by atoms with Crippen molar-refractivity contribution in [1.29, 1.82) is 0 Å². The SMILES string of the molecule is COc1cccc(C2(N=C=O)CC2)c1Br. The largest absolute Gasteiger partial charge is 0.496 e. The molecule has 1 aliphatic rings. The average Bonchev–Trinajstić information content (AvgIpc) is 3.00. The Bertz CT molecular complexity index is 434. The van der Waals surface area contributed by atoms with Crippen LogP contribution < -0.4 is 4.74 Å². The van der Waals surface area contributed by atoms with Gasteiger partial charge in [-0.15, -0.1) is 0 Å². The molecule has 0 spiro atoms. The van der Waals surface area contributed by atoms with Crippen molar-refractivity contribution in [3.63, 3.8) is 0 Å². The maximum atomic E-state index is 10.4. The lowest BCUT2D eigenvalue weighted by Gasteiger charge is -2.13. The summed E-state index contributed by atoms with van der Waals surface area (Å²) in [4.78, 5) is 14.2. The van der Waals surface area contributed by atoms with E-state index >= 15 is 0 Å². The number of hydrogen-bond donors (Lipinski definition) is 0. The molecule has 0 amide bonds. The zero-order chi connectivity index (χ0) is 10.9. The smallest absolute Gasteiger partial charge is 0.235 e. The number of methoxy groups -OCH3 is 1. The van der Waals surface area contributed by atoms with E-state index < -0.39 is 0 Å². The van der Waals surface area contributed by atoms with Gasteiger partial charge in [0.1, 0.15) is 5.75 Å². The van der Waals surface area contributed by atoms with Crippen molar-refractivity contribution in [1.82, 2.24) is 0 Å². The quantitative estimate of drug-likeness (QED) is 0.624. The molecule has 1 aliphatic carbocycles. The van der Waals surface area contributed by atoms with Crippen molar-refractivity contribution >= 4 is 22.0 Å². The van der Waals surface area contributed by atoms with Gasteiger partial charge < -0.3 is 4.74 Å². The monoisotopic (exact) mass is 267 g/mol. The van der Waals surface area contributed by atoms with E-state index in [2.05, 4.69) is 20.9 Å². The van der Waals surface area contributed by atoms with Gasteiger partial charge in [-0.05, 0) is 40.4 Å². The summed E-state index contributed by atoms with van der Waals surface area (Å²) in [5.41, 5.74) is 0.653. The Morgan fingerprint density at radius 1 is 1.53 bits per heavy atom. The van der Waals surface area contributed by atoms with E-state index in [1.807, 2.05) is 18.2 Å². The third-order valence-electron chi connectivity index (χ3n) is 2.67. The lowest BCUT2D eigenvalue weighted by atomic mass is 10.1. The van der Waals surface area contributed by atoms with E-state index in [4.69, 9.17) is 4.74 Å². The molecule has 1 saturated carbocycles. The lowest BCUT2D eigenvalue weighted by molar-refractivity contribution is 0.410. The van der Waals surface area contributed by atoms with Crippen molar-refractivity contribution in [2.45, 2.75) is 18.4 Å². The number of ether oxygens (including phenoxy) is 1. The molecule has 1 aromatic carbocycles. The van der Waals surface area contributed by atoms with Crippen LogP contribution in [0.4, 0.5) is 0 Å². The summed E-state index contributed by atoms with van der Waals surface area (Å²) in [5.74, 6) is 0.764. The number of benzene rings is 1. The summed E-state index contributed by atoms with van der Waals surface area (Å²) in [6, 6.07) is 5.73. The predicted octanol–water partition coefficient (Wildman–Crippen LogP) is 2.78. The van der Waals surface area contributed by atoms with Crippen LogP contribution in [0.2, 0.25) is 0 Å². The van der Waals surface area contributed by atoms with Gasteiger partial charge in [0.05, 0.1) is 17.1 Å². The minimum Gasteiger partial charge on any atom is -0.496 e. The minimum atomic E-state index is -0.352. The van der Waals surface area contributed by atoms with Crippen LogP contribution in [0.3, 0.4) is 0 Å². The Hall–Kier alpha value is -1.12. The summed E-state index contributed by atoms with van der Waals surface area (Å²) in [6.45, 7) is 0. The molecule has 0 aliphatic heterocycles. The van der Waals surface area contributed by atoms with E-state index in [9.17, 15) is 4.79 Å². The molecule has 1 fully saturated rings. The Kier molecular flexibility index (Phi) is 2.63. The Morgan fingerprint density at radius 3 is 2.80 bits per heavy atom. The predicted molar refractivity (Wildman–Crippen MR) is 59.7 cm³/mol.